The Bertz CT molecular complexity index is 1090. The molecule has 138 valence electrons. The molecule has 4 rings (SSSR count). The van der Waals surface area contributed by atoms with E-state index < -0.39 is 21.3 Å². The molecule has 1 aromatic heterocycles. The van der Waals surface area contributed by atoms with Crippen LogP contribution in [0.3, 0.4) is 0 Å². The lowest BCUT2D eigenvalue weighted by Crippen LogP contribution is -2.38. The molecule has 1 fully saturated rings. The number of sulfonamides is 1. The van der Waals surface area contributed by atoms with Crippen molar-refractivity contribution in [2.24, 2.45) is 0 Å². The van der Waals surface area contributed by atoms with Gasteiger partial charge >= 0.3 is 0 Å². The van der Waals surface area contributed by atoms with Crippen LogP contribution in [0.1, 0.15) is 18.4 Å². The third-order valence-corrected chi connectivity index (χ3v) is 6.29. The molecule has 8 heteroatoms. The first-order valence-electron chi connectivity index (χ1n) is 8.34. The van der Waals surface area contributed by atoms with E-state index in [4.69, 9.17) is 11.6 Å². The minimum absolute atomic E-state index is 0.0219. The number of aromatic nitrogens is 2. The second-order valence-corrected chi connectivity index (χ2v) is 8.59. The predicted octanol–water partition coefficient (Wildman–Crippen LogP) is 3.06. The molecule has 6 nitrogen and oxygen atoms in total. The third-order valence-electron chi connectivity index (χ3n) is 4.70. The molecule has 0 aliphatic heterocycles. The quantitative estimate of drug-likeness (QED) is 0.712. The fourth-order valence-corrected chi connectivity index (χ4v) is 4.28. The smallest absolute Gasteiger partial charge is 0.264 e. The van der Waals surface area contributed by atoms with Gasteiger partial charge in [-0.05, 0) is 60.9 Å². The maximum absolute atomic E-state index is 12.7. The van der Waals surface area contributed by atoms with Crippen LogP contribution in [-0.4, -0.2) is 24.1 Å². The van der Waals surface area contributed by atoms with Gasteiger partial charge < -0.3 is 0 Å². The lowest BCUT2D eigenvalue weighted by Gasteiger charge is -2.16. The van der Waals surface area contributed by atoms with Crippen molar-refractivity contribution < 1.29 is 13.2 Å². The number of benzene rings is 2. The van der Waals surface area contributed by atoms with Crippen molar-refractivity contribution in [3.05, 3.63) is 77.6 Å². The number of amides is 1. The van der Waals surface area contributed by atoms with Crippen LogP contribution in [0.5, 0.6) is 0 Å². The maximum atomic E-state index is 12.7. The molecule has 27 heavy (non-hydrogen) atoms. The van der Waals surface area contributed by atoms with Gasteiger partial charge in [0.2, 0.25) is 5.91 Å². The lowest BCUT2D eigenvalue weighted by atomic mass is 9.95. The van der Waals surface area contributed by atoms with Gasteiger partial charge in [0.05, 0.1) is 16.0 Å². The molecular weight excluding hydrogens is 386 g/mol. The normalized spacial score (nSPS) is 15.3. The fraction of sp³-hybridized carbons (Fsp3) is 0.158. The summed E-state index contributed by atoms with van der Waals surface area (Å²) in [5.41, 5.74) is 0.632. The van der Waals surface area contributed by atoms with Crippen molar-refractivity contribution in [3.8, 4) is 5.69 Å². The molecule has 1 aliphatic rings. The summed E-state index contributed by atoms with van der Waals surface area (Å²) < 4.78 is 29.1. The summed E-state index contributed by atoms with van der Waals surface area (Å²) in [6.07, 6.45) is 4.57. The zero-order valence-electron chi connectivity index (χ0n) is 14.2. The van der Waals surface area contributed by atoms with Crippen LogP contribution in [0.2, 0.25) is 5.02 Å². The number of hydrogen-bond acceptors (Lipinski definition) is 4. The summed E-state index contributed by atoms with van der Waals surface area (Å²) in [4.78, 5) is 12.8. The van der Waals surface area contributed by atoms with E-state index in [1.54, 1.807) is 59.5 Å². The van der Waals surface area contributed by atoms with Gasteiger partial charge in [-0.25, -0.2) is 17.8 Å². The fourth-order valence-electron chi connectivity index (χ4n) is 3.04. The number of nitrogens with zero attached hydrogens (tertiary/aromatic N) is 2. The van der Waals surface area contributed by atoms with E-state index in [1.807, 2.05) is 0 Å². The average molecular weight is 402 g/mol. The number of halogens is 1. The van der Waals surface area contributed by atoms with Crippen molar-refractivity contribution >= 4 is 27.5 Å². The highest BCUT2D eigenvalue weighted by Crippen LogP contribution is 2.49. The molecule has 0 radical (unpaired) electrons. The molecule has 1 saturated carbocycles. The Morgan fingerprint density at radius 3 is 2.44 bits per heavy atom. The molecule has 1 amide bonds. The van der Waals surface area contributed by atoms with Crippen LogP contribution in [0.15, 0.2) is 71.9 Å². The first kappa shape index (κ1) is 17.8. The summed E-state index contributed by atoms with van der Waals surface area (Å²) >= 11 is 6.01. The van der Waals surface area contributed by atoms with Gasteiger partial charge in [0.1, 0.15) is 0 Å². The Kier molecular flexibility index (Phi) is 4.28. The highest BCUT2D eigenvalue weighted by atomic mass is 35.5. The number of carbonyl (C=O) groups excluding carboxylic acids is 1. The first-order valence-corrected chi connectivity index (χ1v) is 10.2. The molecule has 0 atom stereocenters. The van der Waals surface area contributed by atoms with E-state index in [1.165, 1.54) is 12.1 Å². The van der Waals surface area contributed by atoms with Crippen molar-refractivity contribution in [3.63, 3.8) is 0 Å². The van der Waals surface area contributed by atoms with Crippen LogP contribution in [0.4, 0.5) is 0 Å². The second kappa shape index (κ2) is 6.51. The van der Waals surface area contributed by atoms with Gasteiger partial charge in [-0.2, -0.15) is 5.10 Å². The van der Waals surface area contributed by atoms with Crippen LogP contribution < -0.4 is 4.72 Å². The number of rotatable bonds is 5. The molecule has 1 aliphatic carbocycles. The molecule has 2 aromatic carbocycles. The van der Waals surface area contributed by atoms with Crippen molar-refractivity contribution in [1.82, 2.24) is 14.5 Å². The maximum Gasteiger partial charge on any atom is 0.264 e. The van der Waals surface area contributed by atoms with Crippen LogP contribution >= 0.6 is 11.6 Å². The summed E-state index contributed by atoms with van der Waals surface area (Å²) in [6, 6.07) is 14.9. The highest BCUT2D eigenvalue weighted by Gasteiger charge is 2.52. The Balaban J connectivity index is 1.55. The van der Waals surface area contributed by atoms with E-state index in [9.17, 15) is 13.2 Å². The van der Waals surface area contributed by atoms with E-state index in [2.05, 4.69) is 9.82 Å². The number of hydrogen-bond donors (Lipinski definition) is 1. The highest BCUT2D eigenvalue weighted by molar-refractivity contribution is 7.90. The van der Waals surface area contributed by atoms with Gasteiger partial charge in [-0.15, -0.1) is 0 Å². The third kappa shape index (κ3) is 3.36. The Morgan fingerprint density at radius 2 is 1.85 bits per heavy atom. The SMILES string of the molecule is O=C(NS(=O)(=O)c1ccc(-n2cccn2)cc1)C1(c2cccc(Cl)c2)CC1. The zero-order chi connectivity index (χ0) is 19.1. The zero-order valence-corrected chi connectivity index (χ0v) is 15.7. The summed E-state index contributed by atoms with van der Waals surface area (Å²) in [5.74, 6) is -0.527. The Labute approximate surface area is 161 Å². The molecule has 0 spiro atoms. The van der Waals surface area contributed by atoms with Gasteiger partial charge in [0.15, 0.2) is 0 Å². The van der Waals surface area contributed by atoms with Gasteiger partial charge in [-0.3, -0.25) is 4.79 Å². The largest absolute Gasteiger partial charge is 0.273 e. The molecule has 1 heterocycles. The number of nitrogens with one attached hydrogen (secondary N) is 1. The lowest BCUT2D eigenvalue weighted by molar-refractivity contribution is -0.121. The molecular formula is C19H16ClN3O3S. The second-order valence-electron chi connectivity index (χ2n) is 6.47. The monoisotopic (exact) mass is 401 g/mol. The topological polar surface area (TPSA) is 81.1 Å². The van der Waals surface area contributed by atoms with Gasteiger partial charge in [0, 0.05) is 17.4 Å². The molecule has 0 saturated heterocycles. The summed E-state index contributed by atoms with van der Waals surface area (Å²) in [5, 5.41) is 4.61. The van der Waals surface area contributed by atoms with Crippen molar-refractivity contribution in [2.75, 3.05) is 0 Å². The van der Waals surface area contributed by atoms with E-state index >= 15 is 0 Å². The van der Waals surface area contributed by atoms with Crippen LogP contribution in [-0.2, 0) is 20.2 Å². The Hall–Kier alpha value is -2.64. The minimum Gasteiger partial charge on any atom is -0.273 e. The van der Waals surface area contributed by atoms with Gasteiger partial charge in [0.25, 0.3) is 10.0 Å². The molecule has 1 N–H and O–H groups in total. The van der Waals surface area contributed by atoms with Crippen molar-refractivity contribution in [1.29, 1.82) is 0 Å². The summed E-state index contributed by atoms with van der Waals surface area (Å²) in [7, 11) is -3.97. The van der Waals surface area contributed by atoms with Crippen LogP contribution in [0, 0.1) is 0 Å². The standard InChI is InChI=1S/C19H16ClN3O3S/c20-15-4-1-3-14(13-15)19(9-10-19)18(24)22-27(25,26)17-7-5-16(6-8-17)23-12-2-11-21-23/h1-8,11-13H,9-10H2,(H,22,24). The van der Waals surface area contributed by atoms with E-state index in [0.29, 0.717) is 17.9 Å². The minimum atomic E-state index is -3.97. The van der Waals surface area contributed by atoms with Crippen LogP contribution in [0.25, 0.3) is 5.69 Å². The van der Waals surface area contributed by atoms with Gasteiger partial charge in [-0.1, -0.05) is 23.7 Å². The van der Waals surface area contributed by atoms with E-state index in [-0.39, 0.29) is 4.90 Å². The predicted molar refractivity (Wildman–Crippen MR) is 101 cm³/mol. The van der Waals surface area contributed by atoms with Crippen molar-refractivity contribution in [2.45, 2.75) is 23.2 Å². The molecule has 3 aromatic rings. The average Bonchev–Trinajstić information content (AvgIpc) is 3.29. The van der Waals surface area contributed by atoms with E-state index in [0.717, 1.165) is 11.3 Å². The molecule has 0 unspecified atom stereocenters. The molecule has 0 bridgehead atoms. The summed E-state index contributed by atoms with van der Waals surface area (Å²) in [6.45, 7) is 0. The number of carbonyl (C=O) groups is 1. The first-order chi connectivity index (χ1) is 12.9. The Morgan fingerprint density at radius 1 is 1.11 bits per heavy atom.